The van der Waals surface area contributed by atoms with Crippen LogP contribution in [0.15, 0.2) is 0 Å². The van der Waals surface area contributed by atoms with Crippen LogP contribution < -0.4 is 0 Å². The van der Waals surface area contributed by atoms with Crippen LogP contribution in [0.1, 0.15) is 77.0 Å². The maximum absolute atomic E-state index is 13.2. The van der Waals surface area contributed by atoms with Gasteiger partial charge in [-0.05, 0) is 107 Å². The first-order valence-corrected chi connectivity index (χ1v) is 11.6. The van der Waals surface area contributed by atoms with Gasteiger partial charge in [0, 0.05) is 10.3 Å². The summed E-state index contributed by atoms with van der Waals surface area (Å²) in [6, 6.07) is 0. The van der Waals surface area contributed by atoms with Gasteiger partial charge in [0.05, 0.1) is 5.41 Å². The highest BCUT2D eigenvalue weighted by Crippen LogP contribution is 2.64. The third-order valence-corrected chi connectivity index (χ3v) is 9.83. The molecule has 0 aliphatic heterocycles. The minimum absolute atomic E-state index is 0.0113. The largest absolute Gasteiger partial charge is 0.457 e. The van der Waals surface area contributed by atoms with Crippen LogP contribution in [-0.4, -0.2) is 23.2 Å². The molecule has 8 aliphatic rings. The molecule has 0 amide bonds. The van der Waals surface area contributed by atoms with E-state index in [1.54, 1.807) is 0 Å². The van der Waals surface area contributed by atoms with Crippen molar-refractivity contribution in [2.75, 3.05) is 6.61 Å². The van der Waals surface area contributed by atoms with Crippen LogP contribution in [0.25, 0.3) is 0 Å². The normalized spacial score (nSPS) is 54.3. The smallest absolute Gasteiger partial charge is 0.312 e. The van der Waals surface area contributed by atoms with Crippen molar-refractivity contribution in [1.29, 1.82) is 0 Å². The van der Waals surface area contributed by atoms with Gasteiger partial charge in [-0.2, -0.15) is 0 Å². The number of ketones is 1. The average Bonchev–Trinajstić information content (AvgIpc) is 2.56. The Balaban J connectivity index is 1.15. The van der Waals surface area contributed by atoms with Crippen LogP contribution in [0, 0.1) is 40.4 Å². The van der Waals surface area contributed by atoms with E-state index in [-0.39, 0.29) is 28.6 Å². The number of esters is 1. The number of rotatable bonds is 4. The molecule has 148 valence electrons. The molecule has 8 rings (SSSR count). The molecule has 2 atom stereocenters. The highest BCUT2D eigenvalue weighted by Gasteiger charge is 2.61. The fraction of sp³-hybridized carbons (Fsp3) is 0.913. The second-order valence-electron chi connectivity index (χ2n) is 11.6. The molecule has 4 heteroatoms. The molecule has 8 bridgehead atoms. The van der Waals surface area contributed by atoms with E-state index in [0.29, 0.717) is 11.8 Å². The third kappa shape index (κ3) is 2.59. The number of hydrogen-bond acceptors (Lipinski definition) is 3. The zero-order chi connectivity index (χ0) is 18.4. The van der Waals surface area contributed by atoms with Crippen molar-refractivity contribution in [3.8, 4) is 0 Å². The highest BCUT2D eigenvalue weighted by atomic mass is 35.5. The molecule has 0 unspecified atom stereocenters. The van der Waals surface area contributed by atoms with Crippen LogP contribution in [0.5, 0.6) is 0 Å². The van der Waals surface area contributed by atoms with Crippen molar-refractivity contribution in [2.24, 2.45) is 40.4 Å². The Morgan fingerprint density at radius 1 is 0.741 bits per heavy atom. The molecule has 8 saturated carbocycles. The number of alkyl halides is 1. The fourth-order valence-corrected chi connectivity index (χ4v) is 9.97. The number of carbonyl (C=O) groups is 2. The Labute approximate surface area is 166 Å². The number of hydrogen-bond donors (Lipinski definition) is 0. The van der Waals surface area contributed by atoms with Crippen LogP contribution >= 0.6 is 11.6 Å². The zero-order valence-electron chi connectivity index (χ0n) is 16.2. The lowest BCUT2D eigenvalue weighted by Crippen LogP contribution is -2.57. The lowest BCUT2D eigenvalue weighted by Gasteiger charge is -2.58. The van der Waals surface area contributed by atoms with Crippen LogP contribution in [0.4, 0.5) is 0 Å². The summed E-state index contributed by atoms with van der Waals surface area (Å²) in [5, 5.41) is 0. The van der Waals surface area contributed by atoms with Gasteiger partial charge in [0.15, 0.2) is 12.4 Å². The lowest BCUT2D eigenvalue weighted by molar-refractivity contribution is -0.175. The Morgan fingerprint density at radius 2 is 1.22 bits per heavy atom. The van der Waals surface area contributed by atoms with Gasteiger partial charge in [-0.15, -0.1) is 11.6 Å². The molecule has 0 N–H and O–H groups in total. The number of Topliss-reactive ketones (excluding diaryl/α,β-unsaturated/α-hetero) is 1. The van der Waals surface area contributed by atoms with Gasteiger partial charge in [0.25, 0.3) is 0 Å². The van der Waals surface area contributed by atoms with Crippen molar-refractivity contribution in [3.63, 3.8) is 0 Å². The van der Waals surface area contributed by atoms with E-state index in [1.807, 2.05) is 0 Å². The molecule has 0 aromatic rings. The van der Waals surface area contributed by atoms with Crippen LogP contribution in [-0.2, 0) is 14.3 Å². The minimum atomic E-state index is -0.395. The van der Waals surface area contributed by atoms with E-state index in [9.17, 15) is 9.59 Å². The summed E-state index contributed by atoms with van der Waals surface area (Å²) >= 11 is 6.86. The summed E-state index contributed by atoms with van der Waals surface area (Å²) in [4.78, 5) is 26.1. The second-order valence-corrected chi connectivity index (χ2v) is 12.4. The standard InChI is InChI=1S/C23H31ClO3/c24-23-10-17-4-18(11-23)9-22(8-17,13-23)20(26)27-12-19(25)21-5-14-1-15(6-21)3-16(2-14)7-21/h14-18H,1-13H2/t14?,15?,16?,17-,18-,21?,22?,23?/m0/s1. The molecule has 0 saturated heterocycles. The molecular weight excluding hydrogens is 360 g/mol. The SMILES string of the molecule is O=C(COC(=O)C12C[C@@H]3C[C@H](CC(Cl)(C3)C1)C2)C12CC3CC(CC(C3)C1)C2. The van der Waals surface area contributed by atoms with Gasteiger partial charge in [0.2, 0.25) is 0 Å². The number of ether oxygens (including phenoxy) is 1. The fourth-order valence-electron chi connectivity index (χ4n) is 9.28. The van der Waals surface area contributed by atoms with Crippen molar-refractivity contribution in [3.05, 3.63) is 0 Å². The molecule has 3 nitrogen and oxygen atoms in total. The monoisotopic (exact) mass is 390 g/mol. The maximum Gasteiger partial charge on any atom is 0.312 e. The molecule has 8 fully saturated rings. The zero-order valence-corrected chi connectivity index (χ0v) is 16.9. The van der Waals surface area contributed by atoms with E-state index in [2.05, 4.69) is 0 Å². The summed E-state index contributed by atoms with van der Waals surface area (Å²) in [5.41, 5.74) is -0.558. The number of halogens is 1. The molecule has 27 heavy (non-hydrogen) atoms. The van der Waals surface area contributed by atoms with Crippen molar-refractivity contribution < 1.29 is 14.3 Å². The Kier molecular flexibility index (Phi) is 3.54. The molecule has 0 aromatic heterocycles. The van der Waals surface area contributed by atoms with Gasteiger partial charge < -0.3 is 4.74 Å². The van der Waals surface area contributed by atoms with Gasteiger partial charge in [-0.25, -0.2) is 0 Å². The Hall–Kier alpha value is -0.570. The maximum atomic E-state index is 13.2. The van der Waals surface area contributed by atoms with Crippen molar-refractivity contribution >= 4 is 23.4 Å². The van der Waals surface area contributed by atoms with Crippen LogP contribution in [0.3, 0.4) is 0 Å². The average molecular weight is 391 g/mol. The van der Waals surface area contributed by atoms with E-state index in [1.165, 1.54) is 25.7 Å². The first-order valence-electron chi connectivity index (χ1n) is 11.2. The van der Waals surface area contributed by atoms with Gasteiger partial charge >= 0.3 is 5.97 Å². The van der Waals surface area contributed by atoms with E-state index >= 15 is 0 Å². The summed E-state index contributed by atoms with van der Waals surface area (Å²) < 4.78 is 5.78. The number of carbonyl (C=O) groups excluding carboxylic acids is 2. The quantitative estimate of drug-likeness (QED) is 0.506. The van der Waals surface area contributed by atoms with E-state index in [0.717, 1.165) is 69.1 Å². The topological polar surface area (TPSA) is 43.4 Å². The highest BCUT2D eigenvalue weighted by molar-refractivity contribution is 6.24. The van der Waals surface area contributed by atoms with E-state index < -0.39 is 5.41 Å². The second kappa shape index (κ2) is 5.52. The molecule has 0 spiro atoms. The van der Waals surface area contributed by atoms with Crippen molar-refractivity contribution in [1.82, 2.24) is 0 Å². The molecule has 0 radical (unpaired) electrons. The van der Waals surface area contributed by atoms with Gasteiger partial charge in [-0.1, -0.05) is 0 Å². The molecule has 8 aliphatic carbocycles. The van der Waals surface area contributed by atoms with Gasteiger partial charge in [-0.3, -0.25) is 9.59 Å². The third-order valence-electron chi connectivity index (χ3n) is 9.39. The van der Waals surface area contributed by atoms with Crippen molar-refractivity contribution in [2.45, 2.75) is 81.9 Å². The molecular formula is C23H31ClO3. The summed E-state index contributed by atoms with van der Waals surface area (Å²) in [6.07, 6.45) is 13.1. The summed E-state index contributed by atoms with van der Waals surface area (Å²) in [7, 11) is 0. The minimum Gasteiger partial charge on any atom is -0.457 e. The molecule has 0 aromatic carbocycles. The lowest BCUT2D eigenvalue weighted by atomic mass is 9.48. The van der Waals surface area contributed by atoms with Gasteiger partial charge in [0.1, 0.15) is 0 Å². The van der Waals surface area contributed by atoms with E-state index in [4.69, 9.17) is 16.3 Å². The predicted molar refractivity (Wildman–Crippen MR) is 102 cm³/mol. The molecule has 0 heterocycles. The summed E-state index contributed by atoms with van der Waals surface area (Å²) in [5.74, 6) is 3.51. The first-order chi connectivity index (χ1) is 12.9. The first kappa shape index (κ1) is 17.3. The Morgan fingerprint density at radius 3 is 1.74 bits per heavy atom. The predicted octanol–water partition coefficient (Wildman–Crippen LogP) is 4.89. The Bertz CT molecular complexity index is 648. The van der Waals surface area contributed by atoms with Crippen LogP contribution in [0.2, 0.25) is 0 Å². The summed E-state index contributed by atoms with van der Waals surface area (Å²) in [6.45, 7) is 0.0113.